The number of hydrogen-bond donors (Lipinski definition) is 2. The number of nitrogens with one attached hydrogen (secondary N) is 2. The van der Waals surface area contributed by atoms with Gasteiger partial charge in [0.1, 0.15) is 18.7 Å². The van der Waals surface area contributed by atoms with E-state index in [1.807, 2.05) is 32.2 Å². The molecule has 0 fully saturated rings. The molecule has 138 valence electrons. The molecule has 1 aromatic heterocycles. The van der Waals surface area contributed by atoms with E-state index in [-0.39, 0.29) is 29.9 Å². The van der Waals surface area contributed by atoms with E-state index >= 15 is 0 Å². The highest BCUT2D eigenvalue weighted by Gasteiger charge is 2.14. The number of hydrogen-bond acceptors (Lipinski definition) is 3. The monoisotopic (exact) mass is 496 g/mol. The molecule has 0 saturated carbocycles. The van der Waals surface area contributed by atoms with Gasteiger partial charge < -0.3 is 10.6 Å². The topological polar surface area (TPSA) is 67.1 Å². The van der Waals surface area contributed by atoms with Gasteiger partial charge in [0.25, 0.3) is 0 Å². The van der Waals surface area contributed by atoms with Gasteiger partial charge in [-0.05, 0) is 24.6 Å². The molecule has 0 spiro atoms. The number of benzene rings is 1. The summed E-state index contributed by atoms with van der Waals surface area (Å²) < 4.78 is 1.71. The van der Waals surface area contributed by atoms with Crippen molar-refractivity contribution in [1.82, 2.24) is 25.4 Å². The fourth-order valence-corrected chi connectivity index (χ4v) is 3.06. The van der Waals surface area contributed by atoms with Gasteiger partial charge in [-0.15, -0.1) is 24.0 Å². The molecule has 6 nitrogen and oxygen atoms in total. The summed E-state index contributed by atoms with van der Waals surface area (Å²) in [5, 5.41) is 11.9. The Morgan fingerprint density at radius 3 is 2.52 bits per heavy atom. The van der Waals surface area contributed by atoms with Crippen molar-refractivity contribution in [2.45, 2.75) is 26.3 Å². The average molecular weight is 497 g/mol. The molecule has 0 radical (unpaired) electrons. The van der Waals surface area contributed by atoms with E-state index in [4.69, 9.17) is 23.2 Å². The Kier molecular flexibility index (Phi) is 9.52. The molecule has 0 aliphatic carbocycles. The summed E-state index contributed by atoms with van der Waals surface area (Å²) in [7, 11) is 1.85. The molecular weight excluding hydrogens is 474 g/mol. The molecule has 1 aromatic carbocycles. The van der Waals surface area contributed by atoms with Crippen LogP contribution in [0.4, 0.5) is 0 Å². The third-order valence-electron chi connectivity index (χ3n) is 3.60. The Labute approximate surface area is 175 Å². The predicted molar refractivity (Wildman–Crippen MR) is 114 cm³/mol. The van der Waals surface area contributed by atoms with Gasteiger partial charge >= 0.3 is 0 Å². The van der Waals surface area contributed by atoms with Gasteiger partial charge in [-0.1, -0.05) is 36.2 Å². The third-order valence-corrected chi connectivity index (χ3v) is 4.26. The number of aromatic nitrogens is 3. The molecule has 1 heterocycles. The molecule has 25 heavy (non-hydrogen) atoms. The van der Waals surface area contributed by atoms with E-state index in [2.05, 4.69) is 32.6 Å². The minimum Gasteiger partial charge on any atom is -0.357 e. The Balaban J connectivity index is 0.00000312. The van der Waals surface area contributed by atoms with Crippen LogP contribution in [0, 0.1) is 0 Å². The van der Waals surface area contributed by atoms with Crippen molar-refractivity contribution in [1.29, 1.82) is 0 Å². The van der Waals surface area contributed by atoms with Crippen molar-refractivity contribution in [2.75, 3.05) is 13.1 Å². The van der Waals surface area contributed by atoms with Gasteiger partial charge in [0, 0.05) is 36.1 Å². The highest BCUT2D eigenvalue weighted by molar-refractivity contribution is 14.0. The van der Waals surface area contributed by atoms with Crippen molar-refractivity contribution in [3.8, 4) is 0 Å². The fraction of sp³-hybridized carbons (Fsp3) is 0.438. The summed E-state index contributed by atoms with van der Waals surface area (Å²) in [5.74, 6) is 1.66. The van der Waals surface area contributed by atoms with Crippen LogP contribution in [0.25, 0.3) is 0 Å². The highest BCUT2D eigenvalue weighted by atomic mass is 127. The second-order valence-electron chi connectivity index (χ2n) is 5.41. The summed E-state index contributed by atoms with van der Waals surface area (Å²) >= 11 is 12.5. The first kappa shape index (κ1) is 22.0. The summed E-state index contributed by atoms with van der Waals surface area (Å²) in [4.78, 5) is 8.70. The lowest BCUT2D eigenvalue weighted by Gasteiger charge is -2.18. The maximum Gasteiger partial charge on any atom is 0.191 e. The summed E-state index contributed by atoms with van der Waals surface area (Å²) in [5.41, 5.74) is 0.942. The van der Waals surface area contributed by atoms with Gasteiger partial charge in [0.05, 0.1) is 0 Å². The molecule has 0 aliphatic rings. The van der Waals surface area contributed by atoms with E-state index in [0.29, 0.717) is 23.1 Å². The molecule has 2 rings (SSSR count). The van der Waals surface area contributed by atoms with Crippen molar-refractivity contribution < 1.29 is 0 Å². The van der Waals surface area contributed by atoms with E-state index in [1.54, 1.807) is 4.68 Å². The van der Waals surface area contributed by atoms with Crippen molar-refractivity contribution in [3.05, 3.63) is 46.0 Å². The van der Waals surface area contributed by atoms with Crippen molar-refractivity contribution in [3.63, 3.8) is 0 Å². The minimum atomic E-state index is 0. The van der Waals surface area contributed by atoms with Gasteiger partial charge in [-0.25, -0.2) is 9.98 Å². The number of guanidine groups is 1. The predicted octanol–water partition coefficient (Wildman–Crippen LogP) is 3.60. The van der Waals surface area contributed by atoms with Crippen molar-refractivity contribution in [2.24, 2.45) is 12.0 Å². The van der Waals surface area contributed by atoms with E-state index in [9.17, 15) is 0 Å². The Morgan fingerprint density at radius 1 is 1.28 bits per heavy atom. The average Bonchev–Trinajstić information content (AvgIpc) is 2.95. The van der Waals surface area contributed by atoms with Gasteiger partial charge in [-0.2, -0.15) is 5.10 Å². The second kappa shape index (κ2) is 10.8. The molecule has 2 N–H and O–H groups in total. The minimum absolute atomic E-state index is 0. The molecule has 0 amide bonds. The Morgan fingerprint density at radius 2 is 1.96 bits per heavy atom. The van der Waals surface area contributed by atoms with E-state index in [0.717, 1.165) is 23.9 Å². The van der Waals surface area contributed by atoms with Gasteiger partial charge in [-0.3, -0.25) is 4.68 Å². The molecule has 1 atom stereocenters. The number of halogens is 3. The lowest BCUT2D eigenvalue weighted by Crippen LogP contribution is -2.39. The summed E-state index contributed by atoms with van der Waals surface area (Å²) in [6.45, 7) is 5.98. The molecule has 9 heteroatoms. The van der Waals surface area contributed by atoms with Crippen LogP contribution in [0.5, 0.6) is 0 Å². The van der Waals surface area contributed by atoms with Crippen LogP contribution in [-0.2, 0) is 13.6 Å². The second-order valence-corrected chi connectivity index (χ2v) is 6.23. The smallest absolute Gasteiger partial charge is 0.191 e. The van der Waals surface area contributed by atoms with Gasteiger partial charge in [0.15, 0.2) is 5.96 Å². The Hall–Kier alpha value is -1.06. The van der Waals surface area contributed by atoms with Crippen LogP contribution in [0.1, 0.15) is 31.2 Å². The van der Waals surface area contributed by atoms with Crippen LogP contribution in [0.2, 0.25) is 10.0 Å². The van der Waals surface area contributed by atoms with Gasteiger partial charge in [0.2, 0.25) is 0 Å². The zero-order valence-electron chi connectivity index (χ0n) is 14.5. The fourth-order valence-electron chi connectivity index (χ4n) is 2.29. The van der Waals surface area contributed by atoms with E-state index in [1.165, 1.54) is 6.33 Å². The first-order valence-electron chi connectivity index (χ1n) is 7.81. The lowest BCUT2D eigenvalue weighted by molar-refractivity contribution is 0.683. The van der Waals surface area contributed by atoms with E-state index < -0.39 is 0 Å². The normalized spacial score (nSPS) is 12.4. The van der Waals surface area contributed by atoms with Crippen LogP contribution >= 0.6 is 47.2 Å². The van der Waals surface area contributed by atoms with Crippen LogP contribution in [0.3, 0.4) is 0 Å². The summed E-state index contributed by atoms with van der Waals surface area (Å²) in [6.07, 6.45) is 1.52. The molecular formula is C16H23Cl2IN6. The number of aryl methyl sites for hydroxylation is 1. The zero-order chi connectivity index (χ0) is 17.5. The maximum absolute atomic E-state index is 6.27. The number of rotatable bonds is 6. The summed E-state index contributed by atoms with van der Waals surface area (Å²) in [6, 6.07) is 5.56. The molecule has 0 aliphatic heterocycles. The molecule has 2 aromatic rings. The van der Waals surface area contributed by atoms with Crippen LogP contribution < -0.4 is 10.6 Å². The number of nitrogens with zero attached hydrogens (tertiary/aromatic N) is 4. The molecule has 0 bridgehead atoms. The molecule has 0 saturated heterocycles. The zero-order valence-corrected chi connectivity index (χ0v) is 18.3. The van der Waals surface area contributed by atoms with Crippen molar-refractivity contribution >= 4 is 53.1 Å². The van der Waals surface area contributed by atoms with Crippen LogP contribution in [-0.4, -0.2) is 33.8 Å². The SMILES string of the molecule is CCNC(=NCc1ncnn1C)NCC(C)c1c(Cl)cccc1Cl.I. The largest absolute Gasteiger partial charge is 0.357 e. The van der Waals surface area contributed by atoms with Crippen LogP contribution in [0.15, 0.2) is 29.5 Å². The quantitative estimate of drug-likeness (QED) is 0.364. The third kappa shape index (κ3) is 6.31. The lowest BCUT2D eigenvalue weighted by atomic mass is 10.0. The maximum atomic E-state index is 6.27. The highest BCUT2D eigenvalue weighted by Crippen LogP contribution is 2.30. The Bertz CT molecular complexity index is 683. The first-order chi connectivity index (χ1) is 11.5. The number of aliphatic imine (C=N–C) groups is 1. The standard InChI is InChI=1S/C16H22Cl2N6.HI/c1-4-19-16(21-9-14-22-10-23-24(14)3)20-8-11(2)15-12(17)6-5-7-13(15)18;/h5-7,10-11H,4,8-9H2,1-3H3,(H2,19,20,21);1H. The molecule has 1 unspecified atom stereocenters. The first-order valence-corrected chi connectivity index (χ1v) is 8.57.